The molecule has 3 rings (SSSR count). The van der Waals surface area contributed by atoms with E-state index in [0.717, 1.165) is 16.8 Å². The predicted molar refractivity (Wildman–Crippen MR) is 146 cm³/mol. The molecule has 0 fully saturated rings. The van der Waals surface area contributed by atoms with Crippen molar-refractivity contribution in [3.8, 4) is 5.69 Å². The second-order valence-corrected chi connectivity index (χ2v) is 10.00. The number of ether oxygens (including phenoxy) is 1. The van der Waals surface area contributed by atoms with E-state index in [2.05, 4.69) is 31.8 Å². The average Bonchev–Trinajstić information content (AvgIpc) is 3.45. The van der Waals surface area contributed by atoms with E-state index in [4.69, 9.17) is 4.74 Å². The summed E-state index contributed by atoms with van der Waals surface area (Å²) < 4.78 is 49.1. The number of benzene rings is 2. The van der Waals surface area contributed by atoms with Crippen molar-refractivity contribution in [2.75, 3.05) is 34.4 Å². The second-order valence-electron chi connectivity index (χ2n) is 8.23. The van der Waals surface area contributed by atoms with Crippen molar-refractivity contribution in [3.05, 3.63) is 89.8 Å². The minimum absolute atomic E-state index is 0.00575. The minimum Gasteiger partial charge on any atom is -0.383 e. The Morgan fingerprint density at radius 3 is 2.42 bits per heavy atom. The molecular weight excluding hydrogens is 509 g/mol. The van der Waals surface area contributed by atoms with E-state index < -0.39 is 15.9 Å². The van der Waals surface area contributed by atoms with E-state index in [1.165, 1.54) is 26.3 Å². The predicted octanol–water partition coefficient (Wildman–Crippen LogP) is 2.89. The number of nitrogens with zero attached hydrogens (tertiary/aromatic N) is 5. The van der Waals surface area contributed by atoms with Crippen molar-refractivity contribution in [3.63, 3.8) is 0 Å². The highest BCUT2D eigenvalue weighted by atomic mass is 32.2. The van der Waals surface area contributed by atoms with Gasteiger partial charge in [0.15, 0.2) is 11.7 Å². The van der Waals surface area contributed by atoms with Crippen LogP contribution in [0.25, 0.3) is 5.69 Å². The Morgan fingerprint density at radius 2 is 1.84 bits per heavy atom. The summed E-state index contributed by atoms with van der Waals surface area (Å²) in [5.74, 6) is -0.608. The number of aromatic nitrogens is 2. The van der Waals surface area contributed by atoms with Gasteiger partial charge in [-0.3, -0.25) is 4.99 Å². The highest BCUT2D eigenvalue weighted by Gasteiger charge is 2.17. The Kier molecular flexibility index (Phi) is 10.3. The summed E-state index contributed by atoms with van der Waals surface area (Å²) in [6, 6.07) is 15.9. The van der Waals surface area contributed by atoms with Crippen LogP contribution in [0.4, 0.5) is 4.39 Å². The molecule has 0 bridgehead atoms. The maximum absolute atomic E-state index is 15.4. The van der Waals surface area contributed by atoms with Gasteiger partial charge in [0.25, 0.3) is 0 Å². The van der Waals surface area contributed by atoms with Crippen LogP contribution in [-0.2, 0) is 27.8 Å². The van der Waals surface area contributed by atoms with Gasteiger partial charge in [0, 0.05) is 53.2 Å². The summed E-state index contributed by atoms with van der Waals surface area (Å²) in [6.07, 6.45) is 3.57. The number of amidine groups is 1. The summed E-state index contributed by atoms with van der Waals surface area (Å²) in [6.45, 7) is 4.60. The molecule has 10 nitrogen and oxygen atoms in total. The van der Waals surface area contributed by atoms with Gasteiger partial charge in [-0.1, -0.05) is 24.3 Å². The Hall–Kier alpha value is -3.87. The SMILES string of the molecule is C=N/C(=C(F)\C(=N/C)NCc1ccc(S(=O)(=O)NCCOC)cc1)N(C)Cc1ccc(-n2cccn2)cc1. The van der Waals surface area contributed by atoms with Gasteiger partial charge in [-0.25, -0.2) is 22.8 Å². The number of halogens is 1. The molecule has 202 valence electrons. The lowest BCUT2D eigenvalue weighted by Gasteiger charge is -2.21. The van der Waals surface area contributed by atoms with Crippen LogP contribution in [0, 0.1) is 0 Å². The quantitative estimate of drug-likeness (QED) is 0.196. The van der Waals surface area contributed by atoms with Crippen LogP contribution < -0.4 is 10.0 Å². The van der Waals surface area contributed by atoms with Crippen molar-refractivity contribution in [1.82, 2.24) is 24.7 Å². The number of rotatable bonds is 13. The summed E-state index contributed by atoms with van der Waals surface area (Å²) in [5, 5.41) is 7.16. The average molecular weight is 542 g/mol. The van der Waals surface area contributed by atoms with Gasteiger partial charge in [0.2, 0.25) is 15.9 Å². The summed E-state index contributed by atoms with van der Waals surface area (Å²) in [7, 11) is 1.05. The lowest BCUT2D eigenvalue weighted by atomic mass is 10.2. The molecule has 0 aliphatic carbocycles. The standard InChI is InChI=1S/C26H32FN7O3S/c1-28-25(30-18-20-8-12-23(13-9-20)38(35,36)32-15-17-37-4)24(27)26(29-2)33(3)19-21-6-10-22(11-7-21)34-16-5-14-31-34/h5-14,16,32H,2,15,17-19H2,1,3-4H3,(H,28,30)/b26-24-. The number of aliphatic imine (C=N–C) groups is 2. The molecule has 0 aliphatic heterocycles. The first-order valence-electron chi connectivity index (χ1n) is 11.7. The van der Waals surface area contributed by atoms with Crippen LogP contribution in [0.5, 0.6) is 0 Å². The number of methoxy groups -OCH3 is 1. The number of sulfonamides is 1. The smallest absolute Gasteiger partial charge is 0.240 e. The number of hydrogen-bond donors (Lipinski definition) is 2. The first-order valence-corrected chi connectivity index (χ1v) is 13.2. The molecule has 0 spiro atoms. The maximum Gasteiger partial charge on any atom is 0.240 e. The van der Waals surface area contributed by atoms with Gasteiger partial charge in [0.1, 0.15) is 0 Å². The fourth-order valence-corrected chi connectivity index (χ4v) is 4.59. The molecule has 38 heavy (non-hydrogen) atoms. The van der Waals surface area contributed by atoms with Gasteiger partial charge in [-0.2, -0.15) is 9.49 Å². The van der Waals surface area contributed by atoms with E-state index in [9.17, 15) is 8.42 Å². The molecule has 1 aromatic heterocycles. The zero-order valence-electron chi connectivity index (χ0n) is 21.6. The van der Waals surface area contributed by atoms with Crippen molar-refractivity contribution in [2.45, 2.75) is 18.0 Å². The van der Waals surface area contributed by atoms with E-state index in [1.807, 2.05) is 36.5 Å². The first kappa shape index (κ1) is 28.7. The minimum atomic E-state index is -3.63. The van der Waals surface area contributed by atoms with Crippen molar-refractivity contribution in [2.24, 2.45) is 9.98 Å². The molecule has 2 aromatic carbocycles. The van der Waals surface area contributed by atoms with E-state index >= 15 is 4.39 Å². The van der Waals surface area contributed by atoms with Crippen LogP contribution >= 0.6 is 0 Å². The fraction of sp³-hybridized carbons (Fsp3) is 0.269. The van der Waals surface area contributed by atoms with E-state index in [0.29, 0.717) is 6.54 Å². The van der Waals surface area contributed by atoms with Gasteiger partial charge < -0.3 is 15.0 Å². The molecule has 0 saturated heterocycles. The summed E-state index contributed by atoms with van der Waals surface area (Å²) in [5.41, 5.74) is 2.61. The molecule has 0 radical (unpaired) electrons. The Bertz CT molecular complexity index is 1350. The fourth-order valence-electron chi connectivity index (χ4n) is 3.58. The van der Waals surface area contributed by atoms with Crippen LogP contribution in [-0.4, -0.2) is 70.0 Å². The molecular formula is C26H32FN7O3S. The molecule has 0 atom stereocenters. The van der Waals surface area contributed by atoms with Gasteiger partial charge in [-0.15, -0.1) is 0 Å². The topological polar surface area (TPSA) is 113 Å². The molecule has 1 heterocycles. The lowest BCUT2D eigenvalue weighted by Crippen LogP contribution is -2.28. The van der Waals surface area contributed by atoms with Crippen LogP contribution in [0.3, 0.4) is 0 Å². The molecule has 0 saturated carbocycles. The normalized spacial score (nSPS) is 12.7. The molecule has 3 aromatic rings. The van der Waals surface area contributed by atoms with Crippen molar-refractivity contribution in [1.29, 1.82) is 0 Å². The zero-order valence-corrected chi connectivity index (χ0v) is 22.4. The largest absolute Gasteiger partial charge is 0.383 e. The third-order valence-corrected chi connectivity index (χ3v) is 7.03. The third-order valence-electron chi connectivity index (χ3n) is 5.56. The lowest BCUT2D eigenvalue weighted by molar-refractivity contribution is 0.204. The molecule has 12 heteroatoms. The van der Waals surface area contributed by atoms with E-state index in [1.54, 1.807) is 35.0 Å². The van der Waals surface area contributed by atoms with Crippen LogP contribution in [0.1, 0.15) is 11.1 Å². The number of nitrogens with one attached hydrogen (secondary N) is 2. The van der Waals surface area contributed by atoms with E-state index in [-0.39, 0.29) is 36.2 Å². The third kappa shape index (κ3) is 7.57. The summed E-state index contributed by atoms with van der Waals surface area (Å²) in [4.78, 5) is 9.71. The van der Waals surface area contributed by atoms with Crippen molar-refractivity contribution >= 4 is 22.6 Å². The van der Waals surface area contributed by atoms with Gasteiger partial charge in [0.05, 0.1) is 17.2 Å². The highest BCUT2D eigenvalue weighted by molar-refractivity contribution is 7.89. The Morgan fingerprint density at radius 1 is 1.16 bits per heavy atom. The van der Waals surface area contributed by atoms with Crippen LogP contribution in [0.2, 0.25) is 0 Å². The highest BCUT2D eigenvalue weighted by Crippen LogP contribution is 2.18. The monoisotopic (exact) mass is 541 g/mol. The molecule has 0 amide bonds. The first-order chi connectivity index (χ1) is 18.3. The molecule has 2 N–H and O–H groups in total. The summed E-state index contributed by atoms with van der Waals surface area (Å²) >= 11 is 0. The number of hydrogen-bond acceptors (Lipinski definition) is 7. The molecule has 0 aliphatic rings. The Balaban J connectivity index is 1.64. The zero-order chi connectivity index (χ0) is 27.5. The Labute approximate surface area is 222 Å². The van der Waals surface area contributed by atoms with Gasteiger partial charge in [-0.05, 0) is 48.2 Å². The second kappa shape index (κ2) is 13.6. The molecule has 0 unspecified atom stereocenters. The van der Waals surface area contributed by atoms with Gasteiger partial charge >= 0.3 is 0 Å². The maximum atomic E-state index is 15.4. The van der Waals surface area contributed by atoms with Crippen LogP contribution in [0.15, 0.2) is 93.5 Å². The van der Waals surface area contributed by atoms with Crippen molar-refractivity contribution < 1.29 is 17.5 Å².